The number of phenolic OH excluding ortho intramolecular Hbond substituents is 1. The molecule has 2 unspecified atom stereocenters. The molecule has 2 aliphatic heterocycles. The number of aromatic nitrogens is 5. The van der Waals surface area contributed by atoms with E-state index in [4.69, 9.17) is 4.74 Å². The molecule has 154 valence electrons. The monoisotopic (exact) mass is 408 g/mol. The van der Waals surface area contributed by atoms with E-state index in [1.54, 1.807) is 54.8 Å². The van der Waals surface area contributed by atoms with E-state index in [1.165, 1.54) is 0 Å². The number of nitrogens with one attached hydrogen (secondary N) is 1. The number of rotatable bonds is 4. The van der Waals surface area contributed by atoms with Crippen molar-refractivity contribution >= 4 is 6.08 Å². The predicted octanol–water partition coefficient (Wildman–Crippen LogP) is 2.30. The van der Waals surface area contributed by atoms with Crippen LogP contribution in [0.5, 0.6) is 5.75 Å². The first-order valence-electron chi connectivity index (χ1n) is 9.77. The molecule has 2 bridgehead atoms. The number of ether oxygens (including phenoxy) is 1. The summed E-state index contributed by atoms with van der Waals surface area (Å²) in [4.78, 5) is 8.31. The molecule has 2 saturated heterocycles. The van der Waals surface area contributed by atoms with Crippen LogP contribution in [0.4, 0.5) is 4.39 Å². The summed E-state index contributed by atoms with van der Waals surface area (Å²) in [6, 6.07) is 5.06. The Bertz CT molecular complexity index is 1070. The molecule has 0 aliphatic carbocycles. The van der Waals surface area contributed by atoms with Gasteiger partial charge in [-0.3, -0.25) is 0 Å². The van der Waals surface area contributed by atoms with E-state index >= 15 is 0 Å². The van der Waals surface area contributed by atoms with Crippen LogP contribution in [0.2, 0.25) is 0 Å². The van der Waals surface area contributed by atoms with Crippen molar-refractivity contribution in [3.8, 4) is 22.8 Å². The fourth-order valence-corrected chi connectivity index (χ4v) is 4.23. The van der Waals surface area contributed by atoms with Gasteiger partial charge in [0.05, 0.1) is 29.9 Å². The van der Waals surface area contributed by atoms with E-state index in [2.05, 4.69) is 25.5 Å². The molecule has 3 aromatic rings. The van der Waals surface area contributed by atoms with Gasteiger partial charge in [-0.05, 0) is 36.6 Å². The van der Waals surface area contributed by atoms with Crippen LogP contribution in [-0.4, -0.2) is 61.3 Å². The number of hydrogen-bond donors (Lipinski definition) is 2. The molecule has 0 radical (unpaired) electrons. The summed E-state index contributed by atoms with van der Waals surface area (Å²) in [7, 11) is 1.66. The molecule has 1 aromatic carbocycles. The summed E-state index contributed by atoms with van der Waals surface area (Å²) >= 11 is 0. The van der Waals surface area contributed by atoms with Gasteiger partial charge >= 0.3 is 0 Å². The van der Waals surface area contributed by atoms with Gasteiger partial charge in [-0.15, -0.1) is 10.2 Å². The zero-order valence-corrected chi connectivity index (χ0v) is 16.3. The number of benzene rings is 1. The van der Waals surface area contributed by atoms with Crippen LogP contribution >= 0.6 is 0 Å². The lowest BCUT2D eigenvalue weighted by atomic mass is 9.96. The van der Waals surface area contributed by atoms with E-state index in [0.717, 1.165) is 5.69 Å². The van der Waals surface area contributed by atoms with Crippen LogP contribution in [0.15, 0.2) is 48.7 Å². The van der Waals surface area contributed by atoms with Gasteiger partial charge in [0.1, 0.15) is 17.6 Å². The number of halogens is 1. The first-order valence-corrected chi connectivity index (χ1v) is 9.77. The molecular formula is C21H21FN6O2. The minimum absolute atomic E-state index is 0.0269. The third-order valence-corrected chi connectivity index (χ3v) is 5.77. The zero-order valence-electron chi connectivity index (χ0n) is 16.3. The summed E-state index contributed by atoms with van der Waals surface area (Å²) in [5.74, 6) is 0.340. The molecule has 2 aromatic heterocycles. The lowest BCUT2D eigenvalue weighted by molar-refractivity contribution is 0.0927. The van der Waals surface area contributed by atoms with E-state index in [9.17, 15) is 9.50 Å². The fraction of sp³-hybridized carbons (Fsp3) is 0.333. The molecule has 5 rings (SSSR count). The van der Waals surface area contributed by atoms with Crippen LogP contribution in [0, 0.1) is 0 Å². The van der Waals surface area contributed by atoms with Gasteiger partial charge in [0.2, 0.25) is 0 Å². The number of methoxy groups -OCH3 is 1. The molecular weight excluding hydrogens is 387 g/mol. The molecule has 0 amide bonds. The maximum absolute atomic E-state index is 14.8. The highest BCUT2D eigenvalue weighted by molar-refractivity contribution is 5.66. The maximum Gasteiger partial charge on any atom is 0.185 e. The van der Waals surface area contributed by atoms with Crippen LogP contribution in [0.1, 0.15) is 18.5 Å². The van der Waals surface area contributed by atoms with E-state index in [-0.39, 0.29) is 23.9 Å². The highest BCUT2D eigenvalue weighted by Crippen LogP contribution is 2.35. The van der Waals surface area contributed by atoms with E-state index in [0.29, 0.717) is 35.5 Å². The van der Waals surface area contributed by atoms with Gasteiger partial charge in [0.15, 0.2) is 5.82 Å². The van der Waals surface area contributed by atoms with Gasteiger partial charge in [-0.2, -0.15) is 0 Å². The normalized spacial score (nSPS) is 26.9. The van der Waals surface area contributed by atoms with Crippen LogP contribution < -0.4 is 5.32 Å². The van der Waals surface area contributed by atoms with Crippen molar-refractivity contribution in [2.24, 2.45) is 0 Å². The first kappa shape index (κ1) is 18.8. The van der Waals surface area contributed by atoms with Crippen molar-refractivity contribution in [3.63, 3.8) is 0 Å². The Balaban J connectivity index is 1.37. The number of hydrogen-bond acceptors (Lipinski definition) is 7. The molecule has 30 heavy (non-hydrogen) atoms. The SMILES string of the molecule is CO[C@@H]1CC2NC1C/C(=C\c1cnc(-c3ccc(-n4ccnc4)cc3O)nn1)[C@@H]2F. The lowest BCUT2D eigenvalue weighted by Crippen LogP contribution is -2.44. The van der Waals surface area contributed by atoms with Crippen LogP contribution in [0.25, 0.3) is 23.2 Å². The van der Waals surface area contributed by atoms with Gasteiger partial charge in [-0.25, -0.2) is 14.4 Å². The Morgan fingerprint density at radius 3 is 2.90 bits per heavy atom. The van der Waals surface area contributed by atoms with Crippen molar-refractivity contribution in [2.45, 2.75) is 37.2 Å². The summed E-state index contributed by atoms with van der Waals surface area (Å²) in [6.45, 7) is 0. The number of imidazole rings is 1. The molecule has 0 spiro atoms. The molecule has 4 heterocycles. The number of nitrogens with zero attached hydrogens (tertiary/aromatic N) is 5. The fourth-order valence-electron chi connectivity index (χ4n) is 4.23. The Labute approximate surface area is 172 Å². The second-order valence-electron chi connectivity index (χ2n) is 7.59. The first-order chi connectivity index (χ1) is 14.6. The van der Waals surface area contributed by atoms with Crippen LogP contribution in [0.3, 0.4) is 0 Å². The molecule has 2 aliphatic rings. The number of alkyl halides is 1. The third kappa shape index (κ3) is 3.35. The van der Waals surface area contributed by atoms with Gasteiger partial charge < -0.3 is 19.7 Å². The van der Waals surface area contributed by atoms with Crippen molar-refractivity contribution in [3.05, 3.63) is 54.4 Å². The van der Waals surface area contributed by atoms with Crippen molar-refractivity contribution in [1.29, 1.82) is 0 Å². The second kappa shape index (κ2) is 7.58. The average Bonchev–Trinajstić information content (AvgIpc) is 3.41. The van der Waals surface area contributed by atoms with Gasteiger partial charge in [0, 0.05) is 37.7 Å². The van der Waals surface area contributed by atoms with Gasteiger partial charge in [-0.1, -0.05) is 0 Å². The Kier molecular flexibility index (Phi) is 4.76. The predicted molar refractivity (Wildman–Crippen MR) is 108 cm³/mol. The lowest BCUT2D eigenvalue weighted by Gasteiger charge is -2.28. The highest BCUT2D eigenvalue weighted by atomic mass is 19.1. The number of phenols is 1. The molecule has 4 atom stereocenters. The van der Waals surface area contributed by atoms with Crippen molar-refractivity contribution < 1.29 is 14.2 Å². The highest BCUT2D eigenvalue weighted by Gasteiger charge is 2.44. The molecule has 2 fully saturated rings. The smallest absolute Gasteiger partial charge is 0.185 e. The number of fused-ring (bicyclic) bond motifs is 2. The molecule has 8 nitrogen and oxygen atoms in total. The third-order valence-electron chi connectivity index (χ3n) is 5.77. The van der Waals surface area contributed by atoms with E-state index < -0.39 is 6.17 Å². The quantitative estimate of drug-likeness (QED) is 0.684. The second-order valence-corrected chi connectivity index (χ2v) is 7.59. The number of piperidine rings is 1. The molecule has 9 heteroatoms. The zero-order chi connectivity index (χ0) is 20.7. The summed E-state index contributed by atoms with van der Waals surface area (Å²) in [5.41, 5.74) is 2.41. The van der Waals surface area contributed by atoms with Crippen LogP contribution in [-0.2, 0) is 4.74 Å². The number of aromatic hydroxyl groups is 1. The Hall–Kier alpha value is -3.17. The minimum atomic E-state index is -1.08. The average molecular weight is 408 g/mol. The molecule has 0 saturated carbocycles. The summed E-state index contributed by atoms with van der Waals surface area (Å²) in [6.07, 6.45) is 8.53. The minimum Gasteiger partial charge on any atom is -0.507 e. The Morgan fingerprint density at radius 1 is 1.30 bits per heavy atom. The molecule has 2 N–H and O–H groups in total. The Morgan fingerprint density at radius 2 is 2.20 bits per heavy atom. The summed E-state index contributed by atoms with van der Waals surface area (Å²) in [5, 5.41) is 22.0. The largest absolute Gasteiger partial charge is 0.507 e. The standard InChI is InChI=1S/C21H21FN6O2/c1-30-19-9-17-20(22)12(7-16(19)25-17)6-13-10-24-21(27-26-13)15-3-2-14(8-18(15)29)28-5-4-23-11-28/h2-6,8,10-11,16-17,19-20,25,29H,7,9H2,1H3/b12-6+/t16?,17?,19-,20+/m1/s1. The van der Waals surface area contributed by atoms with Crippen molar-refractivity contribution in [1.82, 2.24) is 30.0 Å². The van der Waals surface area contributed by atoms with E-state index in [1.807, 2.05) is 6.07 Å². The van der Waals surface area contributed by atoms with Gasteiger partial charge in [0.25, 0.3) is 0 Å². The maximum atomic E-state index is 14.8. The summed E-state index contributed by atoms with van der Waals surface area (Å²) < 4.78 is 22.0. The van der Waals surface area contributed by atoms with Crippen molar-refractivity contribution in [2.75, 3.05) is 7.11 Å². The topological polar surface area (TPSA) is 98.0 Å².